The Morgan fingerprint density at radius 1 is 1.12 bits per heavy atom. The molecule has 0 saturated heterocycles. The lowest BCUT2D eigenvalue weighted by atomic mass is 9.91. The molecular weight excluding hydrogens is 346 g/mol. The number of nitrogens with zero attached hydrogens (tertiary/aromatic N) is 2. The van der Waals surface area contributed by atoms with Crippen molar-refractivity contribution >= 4 is 23.2 Å². The molecule has 0 aliphatic rings. The standard InChI is InChI=1S/C21H16ClN3O/c22-18-7-5-17(6-8-18)20(12-16-2-1-11-24-14-16)21(26)25-19-9-3-15(13-23)4-10-19/h1-11,14,20H,12H2,(H,25,26). The van der Waals surface area contributed by atoms with Crippen molar-refractivity contribution < 1.29 is 4.79 Å². The molecule has 0 radical (unpaired) electrons. The van der Waals surface area contributed by atoms with Crippen LogP contribution < -0.4 is 5.32 Å². The third kappa shape index (κ3) is 4.47. The summed E-state index contributed by atoms with van der Waals surface area (Å²) in [6.07, 6.45) is 3.99. The number of aromatic nitrogens is 1. The van der Waals surface area contributed by atoms with E-state index in [-0.39, 0.29) is 11.8 Å². The van der Waals surface area contributed by atoms with Crippen molar-refractivity contribution in [2.24, 2.45) is 0 Å². The van der Waals surface area contributed by atoms with Crippen LogP contribution in [0.4, 0.5) is 5.69 Å². The Morgan fingerprint density at radius 3 is 2.46 bits per heavy atom. The second-order valence-electron chi connectivity index (χ2n) is 5.85. The first kappa shape index (κ1) is 17.7. The molecule has 1 heterocycles. The summed E-state index contributed by atoms with van der Waals surface area (Å²) < 4.78 is 0. The number of rotatable bonds is 5. The van der Waals surface area contributed by atoms with E-state index in [1.807, 2.05) is 24.3 Å². The third-order valence-electron chi connectivity index (χ3n) is 4.03. The van der Waals surface area contributed by atoms with E-state index in [0.717, 1.165) is 11.1 Å². The number of amides is 1. The number of halogens is 1. The molecule has 3 rings (SSSR count). The SMILES string of the molecule is N#Cc1ccc(NC(=O)C(Cc2cccnc2)c2ccc(Cl)cc2)cc1. The fourth-order valence-electron chi connectivity index (χ4n) is 2.67. The van der Waals surface area contributed by atoms with Crippen molar-refractivity contribution in [3.05, 3.63) is 94.8 Å². The van der Waals surface area contributed by atoms with E-state index in [2.05, 4.69) is 16.4 Å². The van der Waals surface area contributed by atoms with Gasteiger partial charge in [-0.3, -0.25) is 9.78 Å². The fourth-order valence-corrected chi connectivity index (χ4v) is 2.80. The van der Waals surface area contributed by atoms with Crippen molar-refractivity contribution in [2.45, 2.75) is 12.3 Å². The van der Waals surface area contributed by atoms with Crippen LogP contribution in [0.25, 0.3) is 0 Å². The highest BCUT2D eigenvalue weighted by Gasteiger charge is 2.21. The fraction of sp³-hybridized carbons (Fsp3) is 0.0952. The molecule has 0 bridgehead atoms. The van der Waals surface area contributed by atoms with Gasteiger partial charge in [0, 0.05) is 23.1 Å². The number of nitrogens with one attached hydrogen (secondary N) is 1. The zero-order valence-corrected chi connectivity index (χ0v) is 14.6. The Labute approximate surface area is 157 Å². The van der Waals surface area contributed by atoms with E-state index in [1.165, 1.54) is 0 Å². The summed E-state index contributed by atoms with van der Waals surface area (Å²) in [5.74, 6) is -0.506. The predicted molar refractivity (Wildman–Crippen MR) is 102 cm³/mol. The van der Waals surface area contributed by atoms with Gasteiger partial charge in [-0.15, -0.1) is 0 Å². The molecule has 0 aliphatic carbocycles. The van der Waals surface area contributed by atoms with Crippen molar-refractivity contribution in [3.8, 4) is 6.07 Å². The van der Waals surface area contributed by atoms with Gasteiger partial charge in [0.2, 0.25) is 5.91 Å². The van der Waals surface area contributed by atoms with Crippen LogP contribution in [-0.4, -0.2) is 10.9 Å². The maximum Gasteiger partial charge on any atom is 0.232 e. The molecule has 0 spiro atoms. The van der Waals surface area contributed by atoms with Gasteiger partial charge in [0.25, 0.3) is 0 Å². The lowest BCUT2D eigenvalue weighted by molar-refractivity contribution is -0.117. The largest absolute Gasteiger partial charge is 0.326 e. The first-order valence-corrected chi connectivity index (χ1v) is 8.49. The first-order chi connectivity index (χ1) is 12.7. The molecule has 1 N–H and O–H groups in total. The summed E-state index contributed by atoms with van der Waals surface area (Å²) in [6, 6.07) is 19.9. The smallest absolute Gasteiger partial charge is 0.232 e. The average Bonchev–Trinajstić information content (AvgIpc) is 2.68. The van der Waals surface area contributed by atoms with E-state index in [0.29, 0.717) is 22.7 Å². The average molecular weight is 362 g/mol. The normalized spacial score (nSPS) is 11.4. The van der Waals surface area contributed by atoms with Gasteiger partial charge in [-0.1, -0.05) is 29.8 Å². The lowest BCUT2D eigenvalue weighted by Crippen LogP contribution is -2.23. The number of carbonyl (C=O) groups excluding carboxylic acids is 1. The second kappa shape index (κ2) is 8.28. The molecule has 1 atom stereocenters. The van der Waals surface area contributed by atoms with Crippen LogP contribution >= 0.6 is 11.6 Å². The van der Waals surface area contributed by atoms with Crippen LogP contribution in [0.15, 0.2) is 73.1 Å². The lowest BCUT2D eigenvalue weighted by Gasteiger charge is -2.17. The third-order valence-corrected chi connectivity index (χ3v) is 4.28. The number of anilines is 1. The van der Waals surface area contributed by atoms with Crippen LogP contribution in [0.2, 0.25) is 5.02 Å². The molecule has 0 aliphatic heterocycles. The highest BCUT2D eigenvalue weighted by molar-refractivity contribution is 6.30. The van der Waals surface area contributed by atoms with Gasteiger partial charge in [-0.05, 0) is 60.0 Å². The number of pyridine rings is 1. The Balaban J connectivity index is 1.84. The van der Waals surface area contributed by atoms with E-state index in [1.54, 1.807) is 48.8 Å². The van der Waals surface area contributed by atoms with Gasteiger partial charge in [0.05, 0.1) is 17.6 Å². The Hall–Kier alpha value is -3.16. The van der Waals surface area contributed by atoms with Crippen molar-refractivity contribution in [1.82, 2.24) is 4.98 Å². The van der Waals surface area contributed by atoms with E-state index < -0.39 is 0 Å². The summed E-state index contributed by atoms with van der Waals surface area (Å²) in [4.78, 5) is 17.1. The molecule has 2 aromatic carbocycles. The first-order valence-electron chi connectivity index (χ1n) is 8.11. The van der Waals surface area contributed by atoms with E-state index in [9.17, 15) is 4.79 Å². The molecule has 1 aromatic heterocycles. The molecule has 3 aromatic rings. The number of benzene rings is 2. The summed E-state index contributed by atoms with van der Waals surface area (Å²) in [6.45, 7) is 0. The van der Waals surface area contributed by atoms with Crippen LogP contribution in [0.3, 0.4) is 0 Å². The Morgan fingerprint density at radius 2 is 1.85 bits per heavy atom. The highest BCUT2D eigenvalue weighted by Crippen LogP contribution is 2.24. The highest BCUT2D eigenvalue weighted by atomic mass is 35.5. The quantitative estimate of drug-likeness (QED) is 0.723. The Kier molecular flexibility index (Phi) is 5.62. The van der Waals surface area contributed by atoms with Crippen LogP contribution in [-0.2, 0) is 11.2 Å². The zero-order valence-electron chi connectivity index (χ0n) is 13.9. The minimum atomic E-state index is -0.382. The molecule has 0 saturated carbocycles. The maximum absolute atomic E-state index is 12.9. The van der Waals surface area contributed by atoms with Gasteiger partial charge < -0.3 is 5.32 Å². The Bertz CT molecular complexity index is 916. The number of carbonyl (C=O) groups is 1. The molecule has 5 heteroatoms. The topological polar surface area (TPSA) is 65.8 Å². The summed E-state index contributed by atoms with van der Waals surface area (Å²) in [7, 11) is 0. The summed E-state index contributed by atoms with van der Waals surface area (Å²) in [5.41, 5.74) is 3.05. The molecule has 4 nitrogen and oxygen atoms in total. The van der Waals surface area contributed by atoms with Gasteiger partial charge in [-0.2, -0.15) is 5.26 Å². The molecule has 1 unspecified atom stereocenters. The second-order valence-corrected chi connectivity index (χ2v) is 6.28. The van der Waals surface area contributed by atoms with E-state index >= 15 is 0 Å². The molecule has 1 amide bonds. The monoisotopic (exact) mass is 361 g/mol. The van der Waals surface area contributed by atoms with Crippen molar-refractivity contribution in [1.29, 1.82) is 5.26 Å². The molecule has 128 valence electrons. The van der Waals surface area contributed by atoms with Crippen LogP contribution in [0.1, 0.15) is 22.6 Å². The van der Waals surface area contributed by atoms with E-state index in [4.69, 9.17) is 16.9 Å². The maximum atomic E-state index is 12.9. The van der Waals surface area contributed by atoms with Crippen molar-refractivity contribution in [3.63, 3.8) is 0 Å². The minimum absolute atomic E-state index is 0.124. The van der Waals surface area contributed by atoms with Crippen molar-refractivity contribution in [2.75, 3.05) is 5.32 Å². The summed E-state index contributed by atoms with van der Waals surface area (Å²) >= 11 is 5.98. The van der Waals surface area contributed by atoms with Crippen LogP contribution in [0.5, 0.6) is 0 Å². The van der Waals surface area contributed by atoms with Gasteiger partial charge in [0.1, 0.15) is 0 Å². The summed E-state index contributed by atoms with van der Waals surface area (Å²) in [5, 5.41) is 12.4. The molecule has 26 heavy (non-hydrogen) atoms. The number of hydrogen-bond acceptors (Lipinski definition) is 3. The number of hydrogen-bond donors (Lipinski definition) is 1. The molecule has 0 fully saturated rings. The zero-order chi connectivity index (χ0) is 18.4. The van der Waals surface area contributed by atoms with Crippen LogP contribution in [0, 0.1) is 11.3 Å². The molecular formula is C21H16ClN3O. The number of nitriles is 1. The van der Waals surface area contributed by atoms with Gasteiger partial charge in [0.15, 0.2) is 0 Å². The van der Waals surface area contributed by atoms with Gasteiger partial charge in [-0.25, -0.2) is 0 Å². The minimum Gasteiger partial charge on any atom is -0.326 e. The predicted octanol–water partition coefficient (Wildman–Crippen LogP) is 4.57. The van der Waals surface area contributed by atoms with Gasteiger partial charge >= 0.3 is 0 Å².